The second kappa shape index (κ2) is 6.85. The first-order valence-corrected chi connectivity index (χ1v) is 8.99. The zero-order chi connectivity index (χ0) is 16.4. The van der Waals surface area contributed by atoms with Crippen molar-refractivity contribution in [1.82, 2.24) is 4.90 Å². The fourth-order valence-electron chi connectivity index (χ4n) is 2.80. The molecule has 5 heteroatoms. The molecule has 0 aromatic heterocycles. The van der Waals surface area contributed by atoms with Gasteiger partial charge in [0, 0.05) is 23.0 Å². The van der Waals surface area contributed by atoms with Gasteiger partial charge in [-0.25, -0.2) is 4.79 Å². The zero-order valence-electron chi connectivity index (χ0n) is 13.2. The Balaban J connectivity index is 1.79. The number of nitrogens with zero attached hydrogens (tertiary/aromatic N) is 1. The van der Waals surface area contributed by atoms with E-state index in [0.717, 1.165) is 18.0 Å². The molecule has 1 aliphatic rings. The fraction of sp³-hybridized carbons (Fsp3) is 0.278. The molecule has 3 nitrogen and oxygen atoms in total. The maximum Gasteiger partial charge on any atom is 0.323 e. The summed E-state index contributed by atoms with van der Waals surface area (Å²) in [6.45, 7) is 4.94. The number of anilines is 1. The SMILES string of the molecule is Cc1ccc([C@@H]2SCCN2C(=O)Nc2cccc(Cl)c2)c(C)c1. The highest BCUT2D eigenvalue weighted by atomic mass is 35.5. The molecule has 1 heterocycles. The van der Waals surface area contributed by atoms with Crippen LogP contribution in [0.25, 0.3) is 0 Å². The molecule has 0 saturated carbocycles. The number of amides is 2. The number of thioether (sulfide) groups is 1. The molecule has 1 aliphatic heterocycles. The topological polar surface area (TPSA) is 32.3 Å². The van der Waals surface area contributed by atoms with Crippen LogP contribution in [0.4, 0.5) is 10.5 Å². The monoisotopic (exact) mass is 346 g/mol. The van der Waals surface area contributed by atoms with Gasteiger partial charge in [-0.1, -0.05) is 41.4 Å². The number of hydrogen-bond donors (Lipinski definition) is 1. The van der Waals surface area contributed by atoms with Gasteiger partial charge in [0.15, 0.2) is 0 Å². The Bertz CT molecular complexity index is 735. The zero-order valence-corrected chi connectivity index (χ0v) is 14.7. The average Bonchev–Trinajstić information content (AvgIpc) is 2.96. The molecule has 120 valence electrons. The molecule has 0 radical (unpaired) electrons. The van der Waals surface area contributed by atoms with Crippen molar-refractivity contribution in [2.24, 2.45) is 0 Å². The third-order valence-electron chi connectivity index (χ3n) is 3.92. The highest BCUT2D eigenvalue weighted by molar-refractivity contribution is 7.99. The first kappa shape index (κ1) is 16.2. The number of hydrogen-bond acceptors (Lipinski definition) is 2. The minimum atomic E-state index is -0.0813. The van der Waals surface area contributed by atoms with E-state index < -0.39 is 0 Å². The van der Waals surface area contributed by atoms with Gasteiger partial charge in [-0.3, -0.25) is 0 Å². The van der Waals surface area contributed by atoms with Crippen molar-refractivity contribution in [3.05, 3.63) is 64.2 Å². The van der Waals surface area contributed by atoms with Gasteiger partial charge in [0.25, 0.3) is 0 Å². The minimum absolute atomic E-state index is 0.0646. The molecule has 2 amide bonds. The Kier molecular flexibility index (Phi) is 4.83. The van der Waals surface area contributed by atoms with Crippen molar-refractivity contribution >= 4 is 35.1 Å². The molecule has 1 saturated heterocycles. The summed E-state index contributed by atoms with van der Waals surface area (Å²) in [4.78, 5) is 14.5. The highest BCUT2D eigenvalue weighted by Crippen LogP contribution is 2.39. The number of aryl methyl sites for hydroxylation is 2. The number of rotatable bonds is 2. The van der Waals surface area contributed by atoms with Gasteiger partial charge in [0.05, 0.1) is 0 Å². The van der Waals surface area contributed by atoms with Crippen LogP contribution in [-0.4, -0.2) is 23.2 Å². The summed E-state index contributed by atoms with van der Waals surface area (Å²) in [5.74, 6) is 0.945. The Morgan fingerprint density at radius 2 is 2.09 bits per heavy atom. The number of benzene rings is 2. The molecule has 0 bridgehead atoms. The van der Waals surface area contributed by atoms with Gasteiger partial charge < -0.3 is 10.2 Å². The number of nitrogens with one attached hydrogen (secondary N) is 1. The van der Waals surface area contributed by atoms with E-state index in [-0.39, 0.29) is 11.4 Å². The summed E-state index contributed by atoms with van der Waals surface area (Å²) >= 11 is 7.78. The first-order chi connectivity index (χ1) is 11.0. The summed E-state index contributed by atoms with van der Waals surface area (Å²) in [7, 11) is 0. The lowest BCUT2D eigenvalue weighted by Gasteiger charge is -2.25. The fourth-order valence-corrected chi connectivity index (χ4v) is 4.34. The van der Waals surface area contributed by atoms with Crippen molar-refractivity contribution in [3.63, 3.8) is 0 Å². The lowest BCUT2D eigenvalue weighted by atomic mass is 10.1. The van der Waals surface area contributed by atoms with E-state index in [9.17, 15) is 4.79 Å². The summed E-state index contributed by atoms with van der Waals surface area (Å²) < 4.78 is 0. The van der Waals surface area contributed by atoms with Gasteiger partial charge in [-0.15, -0.1) is 11.8 Å². The molecule has 1 N–H and O–H groups in total. The molecule has 1 fully saturated rings. The number of carbonyl (C=O) groups excluding carboxylic acids is 1. The van der Waals surface area contributed by atoms with Crippen molar-refractivity contribution in [2.45, 2.75) is 19.2 Å². The molecule has 23 heavy (non-hydrogen) atoms. The standard InChI is InChI=1S/C18H19ClN2OS/c1-12-6-7-16(13(2)10-12)17-21(8-9-23-17)18(22)20-15-5-3-4-14(19)11-15/h3-7,10-11,17H,8-9H2,1-2H3,(H,20,22)/t17-/m0/s1. The Morgan fingerprint density at radius 3 is 2.83 bits per heavy atom. The third-order valence-corrected chi connectivity index (χ3v) is 5.40. The Morgan fingerprint density at radius 1 is 1.26 bits per heavy atom. The second-order valence-electron chi connectivity index (χ2n) is 5.72. The van der Waals surface area contributed by atoms with E-state index in [4.69, 9.17) is 11.6 Å². The summed E-state index contributed by atoms with van der Waals surface area (Å²) in [5.41, 5.74) is 4.40. The molecule has 0 aliphatic carbocycles. The van der Waals surface area contributed by atoms with Crippen LogP contribution in [0.15, 0.2) is 42.5 Å². The van der Waals surface area contributed by atoms with E-state index in [1.165, 1.54) is 16.7 Å². The van der Waals surface area contributed by atoms with Crippen molar-refractivity contribution in [3.8, 4) is 0 Å². The average molecular weight is 347 g/mol. The molecule has 3 rings (SSSR count). The Hall–Kier alpha value is -1.65. The van der Waals surface area contributed by atoms with E-state index in [1.54, 1.807) is 23.9 Å². The van der Waals surface area contributed by atoms with Crippen LogP contribution in [0.2, 0.25) is 5.02 Å². The van der Waals surface area contributed by atoms with Crippen LogP contribution in [0, 0.1) is 13.8 Å². The van der Waals surface area contributed by atoms with Crippen LogP contribution < -0.4 is 5.32 Å². The minimum Gasteiger partial charge on any atom is -0.308 e. The number of urea groups is 1. The van der Waals surface area contributed by atoms with Gasteiger partial charge in [0.1, 0.15) is 5.37 Å². The van der Waals surface area contributed by atoms with E-state index in [0.29, 0.717) is 5.02 Å². The second-order valence-corrected chi connectivity index (χ2v) is 7.34. The van der Waals surface area contributed by atoms with Crippen molar-refractivity contribution in [1.29, 1.82) is 0 Å². The van der Waals surface area contributed by atoms with Gasteiger partial charge in [0.2, 0.25) is 0 Å². The molecular weight excluding hydrogens is 328 g/mol. The maximum atomic E-state index is 12.6. The molecule has 2 aromatic rings. The van der Waals surface area contributed by atoms with E-state index >= 15 is 0 Å². The van der Waals surface area contributed by atoms with Crippen molar-refractivity contribution < 1.29 is 4.79 Å². The van der Waals surface area contributed by atoms with Crippen LogP contribution in [0.5, 0.6) is 0 Å². The smallest absolute Gasteiger partial charge is 0.308 e. The number of carbonyl (C=O) groups is 1. The number of halogens is 1. The summed E-state index contributed by atoms with van der Waals surface area (Å²) in [5, 5.41) is 3.62. The summed E-state index contributed by atoms with van der Waals surface area (Å²) in [6, 6.07) is 13.6. The quantitative estimate of drug-likeness (QED) is 0.806. The lowest BCUT2D eigenvalue weighted by molar-refractivity contribution is 0.214. The predicted octanol–water partition coefficient (Wildman–Crippen LogP) is 5.24. The largest absolute Gasteiger partial charge is 0.323 e. The van der Waals surface area contributed by atoms with Crippen LogP contribution >= 0.6 is 23.4 Å². The van der Waals surface area contributed by atoms with Gasteiger partial charge >= 0.3 is 6.03 Å². The lowest BCUT2D eigenvalue weighted by Crippen LogP contribution is -2.34. The van der Waals surface area contributed by atoms with Crippen LogP contribution in [0.1, 0.15) is 22.1 Å². The van der Waals surface area contributed by atoms with Gasteiger partial charge in [-0.05, 0) is 43.2 Å². The first-order valence-electron chi connectivity index (χ1n) is 7.56. The van der Waals surface area contributed by atoms with E-state index in [1.807, 2.05) is 17.0 Å². The molecule has 0 unspecified atom stereocenters. The molecule has 0 spiro atoms. The molecular formula is C18H19ClN2OS. The van der Waals surface area contributed by atoms with Crippen LogP contribution in [0.3, 0.4) is 0 Å². The summed E-state index contributed by atoms with van der Waals surface area (Å²) in [6.07, 6.45) is 0. The van der Waals surface area contributed by atoms with Crippen molar-refractivity contribution in [2.75, 3.05) is 17.6 Å². The third kappa shape index (κ3) is 3.65. The molecule has 1 atom stereocenters. The predicted molar refractivity (Wildman–Crippen MR) is 98.3 cm³/mol. The molecule has 2 aromatic carbocycles. The normalized spacial score (nSPS) is 17.3. The highest BCUT2D eigenvalue weighted by Gasteiger charge is 2.31. The van der Waals surface area contributed by atoms with E-state index in [2.05, 4.69) is 37.4 Å². The maximum absolute atomic E-state index is 12.6. The van der Waals surface area contributed by atoms with Crippen LogP contribution in [-0.2, 0) is 0 Å². The van der Waals surface area contributed by atoms with Gasteiger partial charge in [-0.2, -0.15) is 0 Å². The Labute approximate surface area is 146 Å².